The maximum absolute atomic E-state index is 7.00. The summed E-state index contributed by atoms with van der Waals surface area (Å²) in [5, 5.41) is 13.9. The Bertz CT molecular complexity index is 106. The van der Waals surface area contributed by atoms with Crippen LogP contribution in [-0.4, -0.2) is 18.0 Å². The molecular formula is C5H11N3. The molecule has 0 aromatic heterocycles. The summed E-state index contributed by atoms with van der Waals surface area (Å²) in [6.07, 6.45) is 0.427. The van der Waals surface area contributed by atoms with Gasteiger partial charge in [0.15, 0.2) is 0 Å². The highest BCUT2D eigenvalue weighted by molar-refractivity contribution is 6.01. The smallest absolute Gasteiger partial charge is 0.0311 e. The van der Waals surface area contributed by atoms with Crippen LogP contribution < -0.4 is 5.73 Å². The minimum absolute atomic E-state index is 0.274. The molecule has 0 saturated heterocycles. The van der Waals surface area contributed by atoms with E-state index in [0.29, 0.717) is 17.8 Å². The van der Waals surface area contributed by atoms with E-state index in [2.05, 4.69) is 0 Å². The van der Waals surface area contributed by atoms with E-state index in [1.807, 2.05) is 0 Å². The van der Waals surface area contributed by atoms with Gasteiger partial charge in [-0.05, 0) is 6.92 Å². The van der Waals surface area contributed by atoms with E-state index in [1.165, 1.54) is 0 Å². The largest absolute Gasteiger partial charge is 0.326 e. The minimum Gasteiger partial charge on any atom is -0.326 e. The van der Waals surface area contributed by atoms with Gasteiger partial charge in [0.1, 0.15) is 0 Å². The number of nitrogens with two attached hydrogens (primary N) is 1. The second-order valence-electron chi connectivity index (χ2n) is 1.76. The molecule has 0 amide bonds. The maximum Gasteiger partial charge on any atom is 0.0311 e. The average molecular weight is 113 g/mol. The summed E-state index contributed by atoms with van der Waals surface area (Å²) >= 11 is 0. The molecule has 3 nitrogen and oxygen atoms in total. The molecule has 0 heterocycles. The molecule has 0 fully saturated rings. The van der Waals surface area contributed by atoms with Crippen LogP contribution >= 0.6 is 0 Å². The van der Waals surface area contributed by atoms with Crippen LogP contribution in [-0.2, 0) is 0 Å². The third-order valence-corrected chi connectivity index (χ3v) is 0.725. The standard InChI is InChI=1S/C5H11N3/c1-4(7)2-5(8)3-6/h7-8H,2-3,6H2,1H3. The van der Waals surface area contributed by atoms with Crippen LogP contribution in [0.25, 0.3) is 0 Å². The van der Waals surface area contributed by atoms with Crippen LogP contribution in [0, 0.1) is 10.8 Å². The van der Waals surface area contributed by atoms with Crippen molar-refractivity contribution in [2.75, 3.05) is 6.54 Å². The number of hydrogen-bond donors (Lipinski definition) is 3. The monoisotopic (exact) mass is 113 g/mol. The molecule has 0 aromatic rings. The number of rotatable bonds is 3. The molecule has 0 bridgehead atoms. The maximum atomic E-state index is 7.00. The van der Waals surface area contributed by atoms with Gasteiger partial charge in [0, 0.05) is 24.4 Å². The van der Waals surface area contributed by atoms with Crippen molar-refractivity contribution in [1.29, 1.82) is 10.8 Å². The molecule has 0 aliphatic carbocycles. The average Bonchev–Trinajstić information content (AvgIpc) is 1.65. The summed E-state index contributed by atoms with van der Waals surface area (Å²) < 4.78 is 0. The zero-order valence-corrected chi connectivity index (χ0v) is 4.99. The van der Waals surface area contributed by atoms with E-state index < -0.39 is 0 Å². The van der Waals surface area contributed by atoms with E-state index in [1.54, 1.807) is 6.92 Å². The summed E-state index contributed by atoms with van der Waals surface area (Å²) in [4.78, 5) is 0. The first-order chi connectivity index (χ1) is 3.66. The fraction of sp³-hybridized carbons (Fsp3) is 0.600. The molecule has 0 atom stereocenters. The Labute approximate surface area is 48.9 Å². The lowest BCUT2D eigenvalue weighted by atomic mass is 10.2. The lowest BCUT2D eigenvalue weighted by Gasteiger charge is -1.94. The van der Waals surface area contributed by atoms with Gasteiger partial charge >= 0.3 is 0 Å². The van der Waals surface area contributed by atoms with Gasteiger partial charge in [0.05, 0.1) is 0 Å². The molecule has 46 valence electrons. The Morgan fingerprint density at radius 3 is 2.12 bits per heavy atom. The Balaban J connectivity index is 3.40. The molecule has 0 rings (SSSR count). The Kier molecular flexibility index (Phi) is 3.03. The van der Waals surface area contributed by atoms with E-state index >= 15 is 0 Å². The summed E-state index contributed by atoms with van der Waals surface area (Å²) in [6.45, 7) is 1.94. The van der Waals surface area contributed by atoms with Crippen molar-refractivity contribution in [3.63, 3.8) is 0 Å². The Hall–Kier alpha value is -0.700. The van der Waals surface area contributed by atoms with Crippen LogP contribution in [0.15, 0.2) is 0 Å². The van der Waals surface area contributed by atoms with Crippen molar-refractivity contribution in [2.24, 2.45) is 5.73 Å². The zero-order chi connectivity index (χ0) is 6.57. The van der Waals surface area contributed by atoms with E-state index in [4.69, 9.17) is 16.6 Å². The predicted octanol–water partition coefficient (Wildman–Crippen LogP) is 0.395. The summed E-state index contributed by atoms with van der Waals surface area (Å²) in [5.41, 5.74) is 6.03. The normalized spacial score (nSPS) is 8.75. The molecule has 0 aliphatic rings. The second kappa shape index (κ2) is 3.32. The van der Waals surface area contributed by atoms with Gasteiger partial charge in [-0.25, -0.2) is 0 Å². The lowest BCUT2D eigenvalue weighted by molar-refractivity contribution is 1.21. The third kappa shape index (κ3) is 3.49. The summed E-state index contributed by atoms with van der Waals surface area (Å²) in [7, 11) is 0. The van der Waals surface area contributed by atoms with Crippen LogP contribution in [0.5, 0.6) is 0 Å². The zero-order valence-electron chi connectivity index (χ0n) is 4.99. The fourth-order valence-electron chi connectivity index (χ4n) is 0.392. The molecule has 0 aromatic carbocycles. The summed E-state index contributed by atoms with van der Waals surface area (Å²) in [6, 6.07) is 0. The SMILES string of the molecule is CC(=N)CC(=N)CN. The molecule has 0 spiro atoms. The first kappa shape index (κ1) is 7.30. The second-order valence-corrected chi connectivity index (χ2v) is 1.76. The van der Waals surface area contributed by atoms with E-state index in [0.717, 1.165) is 0 Å². The first-order valence-corrected chi connectivity index (χ1v) is 2.47. The number of hydrogen-bond acceptors (Lipinski definition) is 3. The van der Waals surface area contributed by atoms with Gasteiger partial charge in [-0.1, -0.05) is 0 Å². The van der Waals surface area contributed by atoms with Gasteiger partial charge in [-0.2, -0.15) is 0 Å². The molecule has 0 aliphatic heterocycles. The van der Waals surface area contributed by atoms with Crippen molar-refractivity contribution in [1.82, 2.24) is 0 Å². The first-order valence-electron chi connectivity index (χ1n) is 2.47. The fourth-order valence-corrected chi connectivity index (χ4v) is 0.392. The van der Waals surface area contributed by atoms with Crippen LogP contribution in [0.2, 0.25) is 0 Å². The lowest BCUT2D eigenvalue weighted by Crippen LogP contribution is -2.14. The molecule has 0 unspecified atom stereocenters. The predicted molar refractivity (Wildman–Crippen MR) is 34.8 cm³/mol. The molecule has 4 N–H and O–H groups in total. The minimum atomic E-state index is 0.274. The van der Waals surface area contributed by atoms with Crippen LogP contribution in [0.4, 0.5) is 0 Å². The number of nitrogens with one attached hydrogen (secondary N) is 2. The van der Waals surface area contributed by atoms with E-state index in [9.17, 15) is 0 Å². The Morgan fingerprint density at radius 2 is 2.00 bits per heavy atom. The van der Waals surface area contributed by atoms with E-state index in [-0.39, 0.29) is 6.54 Å². The molecule has 8 heavy (non-hydrogen) atoms. The highest BCUT2D eigenvalue weighted by atomic mass is 14.6. The molecule has 3 heteroatoms. The van der Waals surface area contributed by atoms with Gasteiger partial charge in [0.25, 0.3) is 0 Å². The van der Waals surface area contributed by atoms with Crippen molar-refractivity contribution in [2.45, 2.75) is 13.3 Å². The van der Waals surface area contributed by atoms with Crippen LogP contribution in [0.3, 0.4) is 0 Å². The van der Waals surface area contributed by atoms with Crippen molar-refractivity contribution >= 4 is 11.4 Å². The van der Waals surface area contributed by atoms with Gasteiger partial charge in [-0.3, -0.25) is 0 Å². The highest BCUT2D eigenvalue weighted by Crippen LogP contribution is 1.81. The van der Waals surface area contributed by atoms with Gasteiger partial charge < -0.3 is 16.6 Å². The van der Waals surface area contributed by atoms with Gasteiger partial charge in [-0.15, -0.1) is 0 Å². The van der Waals surface area contributed by atoms with Crippen molar-refractivity contribution < 1.29 is 0 Å². The molecule has 0 radical (unpaired) electrons. The summed E-state index contributed by atoms with van der Waals surface area (Å²) in [5.74, 6) is 0. The quantitative estimate of drug-likeness (QED) is 0.455. The highest BCUT2D eigenvalue weighted by Gasteiger charge is 1.92. The Morgan fingerprint density at radius 1 is 1.50 bits per heavy atom. The molecular weight excluding hydrogens is 102 g/mol. The topological polar surface area (TPSA) is 73.7 Å². The van der Waals surface area contributed by atoms with Gasteiger partial charge in [0.2, 0.25) is 0 Å². The van der Waals surface area contributed by atoms with Crippen LogP contribution in [0.1, 0.15) is 13.3 Å². The molecule has 0 saturated carbocycles. The van der Waals surface area contributed by atoms with Crippen molar-refractivity contribution in [3.05, 3.63) is 0 Å². The van der Waals surface area contributed by atoms with Crippen molar-refractivity contribution in [3.8, 4) is 0 Å². The third-order valence-electron chi connectivity index (χ3n) is 0.725.